The summed E-state index contributed by atoms with van der Waals surface area (Å²) in [7, 11) is 0. The maximum Gasteiger partial charge on any atom is 0.128 e. The predicted octanol–water partition coefficient (Wildman–Crippen LogP) is 3.82. The molecule has 0 unspecified atom stereocenters. The summed E-state index contributed by atoms with van der Waals surface area (Å²) in [5, 5.41) is 0.439. The minimum Gasteiger partial charge on any atom is -0.271 e. The molecule has 0 bridgehead atoms. The van der Waals surface area contributed by atoms with Crippen LogP contribution in [0.15, 0.2) is 23.2 Å². The minimum absolute atomic E-state index is 0.237. The number of benzene rings is 1. The van der Waals surface area contributed by atoms with Crippen molar-refractivity contribution in [2.24, 2.45) is 4.99 Å². The lowest BCUT2D eigenvalue weighted by molar-refractivity contribution is 0.617. The van der Waals surface area contributed by atoms with Crippen molar-refractivity contribution in [3.05, 3.63) is 34.6 Å². The fourth-order valence-electron chi connectivity index (χ4n) is 1.18. The molecule has 0 radical (unpaired) electrons. The van der Waals surface area contributed by atoms with Gasteiger partial charge in [0.1, 0.15) is 10.2 Å². The summed E-state index contributed by atoms with van der Waals surface area (Å²) < 4.78 is 14.4. The zero-order valence-corrected chi connectivity index (χ0v) is 10.3. The summed E-state index contributed by atoms with van der Waals surface area (Å²) in [5.41, 5.74) is 0.680. The average Bonchev–Trinajstić information content (AvgIpc) is 2.69. The third-order valence-electron chi connectivity index (χ3n) is 1.92. The normalized spacial score (nSPS) is 15.5. The molecule has 0 N–H and O–H groups in total. The average molecular weight is 262 g/mol. The van der Waals surface area contributed by atoms with Gasteiger partial charge in [-0.05, 0) is 17.7 Å². The molecule has 1 aliphatic rings. The molecule has 0 amide bonds. The van der Waals surface area contributed by atoms with Crippen molar-refractivity contribution in [3.63, 3.8) is 0 Å². The zero-order chi connectivity index (χ0) is 10.7. The Morgan fingerprint density at radius 1 is 1.53 bits per heavy atom. The van der Waals surface area contributed by atoms with Gasteiger partial charge in [-0.25, -0.2) is 4.39 Å². The van der Waals surface area contributed by atoms with E-state index < -0.39 is 0 Å². The standard InChI is InChI=1S/C10H9ClFNS2/c11-8-2-1-7(9(12)5-8)6-15-10-13-3-4-14-10/h1-2,5H,3-4,6H2. The van der Waals surface area contributed by atoms with Crippen LogP contribution in [0, 0.1) is 5.82 Å². The van der Waals surface area contributed by atoms with Crippen molar-refractivity contribution in [2.45, 2.75) is 5.75 Å². The second-order valence-corrected chi connectivity index (χ2v) is 5.76. The lowest BCUT2D eigenvalue weighted by atomic mass is 10.2. The molecule has 0 spiro atoms. The molecule has 1 nitrogen and oxygen atoms in total. The van der Waals surface area contributed by atoms with Gasteiger partial charge in [-0.1, -0.05) is 41.2 Å². The van der Waals surface area contributed by atoms with E-state index in [4.69, 9.17) is 11.6 Å². The molecule has 0 aliphatic carbocycles. The van der Waals surface area contributed by atoms with E-state index in [9.17, 15) is 4.39 Å². The minimum atomic E-state index is -0.237. The van der Waals surface area contributed by atoms with Crippen LogP contribution in [-0.2, 0) is 5.75 Å². The lowest BCUT2D eigenvalue weighted by Gasteiger charge is -2.02. The monoisotopic (exact) mass is 261 g/mol. The Morgan fingerprint density at radius 2 is 2.40 bits per heavy atom. The topological polar surface area (TPSA) is 12.4 Å². The van der Waals surface area contributed by atoms with Crippen molar-refractivity contribution in [3.8, 4) is 0 Å². The lowest BCUT2D eigenvalue weighted by Crippen LogP contribution is -1.89. The van der Waals surface area contributed by atoms with Crippen LogP contribution in [-0.4, -0.2) is 16.7 Å². The van der Waals surface area contributed by atoms with Gasteiger partial charge >= 0.3 is 0 Å². The predicted molar refractivity (Wildman–Crippen MR) is 67.5 cm³/mol. The number of nitrogens with zero attached hydrogens (tertiary/aromatic N) is 1. The summed E-state index contributed by atoms with van der Waals surface area (Å²) in [6.07, 6.45) is 0. The molecule has 5 heteroatoms. The second-order valence-electron chi connectivity index (χ2n) is 3.02. The molecule has 0 fully saturated rings. The highest BCUT2D eigenvalue weighted by Crippen LogP contribution is 2.26. The summed E-state index contributed by atoms with van der Waals surface area (Å²) in [6.45, 7) is 0.885. The van der Waals surface area contributed by atoms with Crippen molar-refractivity contribution >= 4 is 39.5 Å². The largest absolute Gasteiger partial charge is 0.271 e. The number of halogens is 2. The Kier molecular flexibility index (Phi) is 3.94. The molecule has 2 rings (SSSR count). The highest BCUT2D eigenvalue weighted by atomic mass is 35.5. The van der Waals surface area contributed by atoms with Gasteiger partial charge in [0.25, 0.3) is 0 Å². The summed E-state index contributed by atoms with van der Waals surface area (Å²) in [4.78, 5) is 4.29. The zero-order valence-electron chi connectivity index (χ0n) is 7.87. The number of rotatable bonds is 2. The van der Waals surface area contributed by atoms with Crippen molar-refractivity contribution < 1.29 is 4.39 Å². The van der Waals surface area contributed by atoms with Crippen LogP contribution < -0.4 is 0 Å². The highest BCUT2D eigenvalue weighted by molar-refractivity contribution is 8.38. The number of hydrogen-bond acceptors (Lipinski definition) is 3. The van der Waals surface area contributed by atoms with Crippen LogP contribution in [0.2, 0.25) is 5.02 Å². The van der Waals surface area contributed by atoms with Crippen molar-refractivity contribution in [1.29, 1.82) is 0 Å². The van der Waals surface area contributed by atoms with Gasteiger partial charge in [-0.2, -0.15) is 0 Å². The number of aliphatic imine (C=N–C) groups is 1. The van der Waals surface area contributed by atoms with Crippen LogP contribution >= 0.6 is 35.1 Å². The molecule has 0 atom stereocenters. The van der Waals surface area contributed by atoms with Crippen LogP contribution in [0.3, 0.4) is 0 Å². The third-order valence-corrected chi connectivity index (χ3v) is 4.46. The molecule has 0 saturated heterocycles. The Morgan fingerprint density at radius 3 is 3.07 bits per heavy atom. The fraction of sp³-hybridized carbons (Fsp3) is 0.300. The van der Waals surface area contributed by atoms with Crippen LogP contribution in [0.1, 0.15) is 5.56 Å². The van der Waals surface area contributed by atoms with Gasteiger partial charge in [0.15, 0.2) is 0 Å². The molecule has 1 heterocycles. The first-order chi connectivity index (χ1) is 7.25. The fourth-order valence-corrected chi connectivity index (χ4v) is 3.34. The smallest absolute Gasteiger partial charge is 0.128 e. The summed E-state index contributed by atoms with van der Waals surface area (Å²) in [5.74, 6) is 1.43. The van der Waals surface area contributed by atoms with Gasteiger partial charge in [-0.15, -0.1) is 0 Å². The summed E-state index contributed by atoms with van der Waals surface area (Å²) in [6, 6.07) is 4.79. The van der Waals surface area contributed by atoms with Crippen molar-refractivity contribution in [1.82, 2.24) is 0 Å². The second kappa shape index (κ2) is 5.23. The first kappa shape index (κ1) is 11.3. The highest BCUT2D eigenvalue weighted by Gasteiger charge is 2.09. The maximum atomic E-state index is 13.4. The molecule has 0 saturated carbocycles. The summed E-state index contributed by atoms with van der Waals surface area (Å²) >= 11 is 8.99. The van der Waals surface area contributed by atoms with Gasteiger partial charge in [0, 0.05) is 16.5 Å². The van der Waals surface area contributed by atoms with E-state index in [2.05, 4.69) is 4.99 Å². The Bertz CT molecular complexity index is 395. The third kappa shape index (κ3) is 3.13. The van der Waals surface area contributed by atoms with E-state index in [1.165, 1.54) is 6.07 Å². The van der Waals surface area contributed by atoms with Crippen LogP contribution in [0.4, 0.5) is 4.39 Å². The van der Waals surface area contributed by atoms with Crippen molar-refractivity contribution in [2.75, 3.05) is 12.3 Å². The van der Waals surface area contributed by atoms with Gasteiger partial charge < -0.3 is 0 Å². The first-order valence-corrected chi connectivity index (χ1v) is 6.84. The van der Waals surface area contributed by atoms with E-state index >= 15 is 0 Å². The Hall–Kier alpha value is -0.190. The first-order valence-electron chi connectivity index (χ1n) is 4.49. The Labute approximate surface area is 101 Å². The number of hydrogen-bond donors (Lipinski definition) is 0. The molecule has 80 valence electrons. The molecular formula is C10H9ClFNS2. The Balaban J connectivity index is 1.98. The van der Waals surface area contributed by atoms with Gasteiger partial charge in [0.05, 0.1) is 6.54 Å². The van der Waals surface area contributed by atoms with E-state index in [-0.39, 0.29) is 5.82 Å². The SMILES string of the molecule is Fc1cc(Cl)ccc1CSC1=NCCS1. The number of thioether (sulfide) groups is 2. The van der Waals surface area contributed by atoms with Crippen LogP contribution in [0.25, 0.3) is 0 Å². The molecule has 1 aliphatic heterocycles. The molecular weight excluding hydrogens is 253 g/mol. The van der Waals surface area contributed by atoms with E-state index in [1.54, 1.807) is 35.7 Å². The van der Waals surface area contributed by atoms with E-state index in [0.717, 1.165) is 16.7 Å². The van der Waals surface area contributed by atoms with E-state index in [1.807, 2.05) is 0 Å². The van der Waals surface area contributed by atoms with Crippen LogP contribution in [0.5, 0.6) is 0 Å². The quantitative estimate of drug-likeness (QED) is 0.803. The van der Waals surface area contributed by atoms with Gasteiger partial charge in [0.2, 0.25) is 0 Å². The van der Waals surface area contributed by atoms with Gasteiger partial charge in [-0.3, -0.25) is 4.99 Å². The molecule has 0 aromatic heterocycles. The molecule has 1 aromatic carbocycles. The molecule has 15 heavy (non-hydrogen) atoms. The maximum absolute atomic E-state index is 13.4. The van der Waals surface area contributed by atoms with E-state index in [0.29, 0.717) is 16.3 Å². The molecule has 1 aromatic rings.